The second kappa shape index (κ2) is 8.77. The van der Waals surface area contributed by atoms with Crippen molar-refractivity contribution in [3.05, 3.63) is 24.3 Å². The van der Waals surface area contributed by atoms with Crippen molar-refractivity contribution in [2.75, 3.05) is 60.2 Å². The highest BCUT2D eigenvalue weighted by Crippen LogP contribution is 2.39. The molecule has 9 heteroatoms. The molecule has 2 aliphatic rings. The van der Waals surface area contributed by atoms with Crippen LogP contribution in [0.4, 0.5) is 0 Å². The Labute approximate surface area is 166 Å². The molecule has 1 fully saturated rings. The molecule has 1 aromatic carbocycles. The van der Waals surface area contributed by atoms with E-state index in [9.17, 15) is 13.2 Å². The highest BCUT2D eigenvalue weighted by Gasteiger charge is 2.43. The second-order valence-electron chi connectivity index (χ2n) is 7.38. The summed E-state index contributed by atoms with van der Waals surface area (Å²) in [7, 11) is -0.640. The maximum Gasteiger partial charge on any atom is 0.248 e. The van der Waals surface area contributed by atoms with Crippen LogP contribution >= 0.6 is 0 Å². The van der Waals surface area contributed by atoms with E-state index in [0.29, 0.717) is 51.4 Å². The van der Waals surface area contributed by atoms with Crippen molar-refractivity contribution in [3.63, 3.8) is 0 Å². The fraction of sp³-hybridized carbons (Fsp3) is 0.632. The lowest BCUT2D eigenvalue weighted by atomic mass is 9.78. The number of hydrogen-bond acceptors (Lipinski definition) is 6. The van der Waals surface area contributed by atoms with Gasteiger partial charge in [0.25, 0.3) is 0 Å². The van der Waals surface area contributed by atoms with Crippen LogP contribution in [0, 0.1) is 5.41 Å². The predicted molar refractivity (Wildman–Crippen MR) is 103 cm³/mol. The van der Waals surface area contributed by atoms with E-state index in [-0.39, 0.29) is 29.4 Å². The number of nitrogens with zero attached hydrogens (tertiary/aromatic N) is 2. The topological polar surface area (TPSA) is 85.4 Å². The van der Waals surface area contributed by atoms with Gasteiger partial charge < -0.3 is 19.1 Å². The van der Waals surface area contributed by atoms with Gasteiger partial charge in [-0.3, -0.25) is 4.79 Å². The van der Waals surface area contributed by atoms with Crippen LogP contribution in [-0.4, -0.2) is 83.7 Å². The largest absolute Gasteiger partial charge is 0.492 e. The lowest BCUT2D eigenvalue weighted by molar-refractivity contribution is -0.138. The van der Waals surface area contributed by atoms with Crippen molar-refractivity contribution in [3.8, 4) is 5.75 Å². The third-order valence-electron chi connectivity index (χ3n) is 5.50. The van der Waals surface area contributed by atoms with Crippen LogP contribution in [-0.2, 0) is 24.3 Å². The number of para-hydroxylation sites is 1. The minimum absolute atomic E-state index is 0.0432. The second-order valence-corrected chi connectivity index (χ2v) is 9.29. The zero-order valence-corrected chi connectivity index (χ0v) is 17.2. The summed E-state index contributed by atoms with van der Waals surface area (Å²) in [4.78, 5) is 14.1. The van der Waals surface area contributed by atoms with Gasteiger partial charge in [-0.1, -0.05) is 12.1 Å². The molecule has 28 heavy (non-hydrogen) atoms. The Morgan fingerprint density at radius 1 is 1.18 bits per heavy atom. The summed E-state index contributed by atoms with van der Waals surface area (Å²) < 4.78 is 44.1. The van der Waals surface area contributed by atoms with E-state index in [2.05, 4.69) is 0 Å². The fourth-order valence-electron chi connectivity index (χ4n) is 3.80. The monoisotopic (exact) mass is 412 g/mol. The molecule has 0 bridgehead atoms. The van der Waals surface area contributed by atoms with Crippen LogP contribution in [0.1, 0.15) is 12.8 Å². The molecule has 3 rings (SSSR count). The Balaban J connectivity index is 1.86. The average Bonchev–Trinajstić information content (AvgIpc) is 2.70. The Morgan fingerprint density at radius 2 is 1.89 bits per heavy atom. The molecule has 1 spiro atoms. The SMILES string of the molecule is COCCN1CC2(CCN(C(=O)COC)CC2)COc2ccccc2S1(=O)=O. The number of amides is 1. The number of methoxy groups -OCH3 is 2. The van der Waals surface area contributed by atoms with Crippen molar-refractivity contribution in [1.82, 2.24) is 9.21 Å². The molecule has 156 valence electrons. The summed E-state index contributed by atoms with van der Waals surface area (Å²) in [5.41, 5.74) is -0.349. The molecule has 8 nitrogen and oxygen atoms in total. The summed E-state index contributed by atoms with van der Waals surface area (Å²) in [6, 6.07) is 6.74. The van der Waals surface area contributed by atoms with Gasteiger partial charge in [0.15, 0.2) is 0 Å². The summed E-state index contributed by atoms with van der Waals surface area (Å²) in [5, 5.41) is 0. The van der Waals surface area contributed by atoms with Crippen molar-refractivity contribution >= 4 is 15.9 Å². The standard InChI is InChI=1S/C19H28N2O6S/c1-25-12-11-21-14-19(7-9-20(10-8-19)18(22)13-26-2)15-27-16-5-3-4-6-17(16)28(21,23)24/h3-6H,7-15H2,1-2H3. The van der Waals surface area contributed by atoms with Crippen molar-refractivity contribution in [1.29, 1.82) is 0 Å². The summed E-state index contributed by atoms with van der Waals surface area (Å²) in [6.07, 6.45) is 1.34. The maximum atomic E-state index is 13.3. The number of sulfonamides is 1. The van der Waals surface area contributed by atoms with Crippen LogP contribution in [0.2, 0.25) is 0 Å². The van der Waals surface area contributed by atoms with Gasteiger partial charge >= 0.3 is 0 Å². The van der Waals surface area contributed by atoms with Crippen molar-refractivity contribution < 1.29 is 27.4 Å². The molecule has 0 unspecified atom stereocenters. The van der Waals surface area contributed by atoms with E-state index in [1.807, 2.05) is 0 Å². The summed E-state index contributed by atoms with van der Waals surface area (Å²) >= 11 is 0. The molecular weight excluding hydrogens is 384 g/mol. The minimum atomic E-state index is -3.70. The predicted octanol–water partition coefficient (Wildman–Crippen LogP) is 0.971. The third kappa shape index (κ3) is 4.32. The lowest BCUT2D eigenvalue weighted by Gasteiger charge is -2.44. The molecule has 2 aliphatic heterocycles. The first-order chi connectivity index (χ1) is 13.4. The lowest BCUT2D eigenvalue weighted by Crippen LogP contribution is -2.53. The zero-order chi connectivity index (χ0) is 20.2. The number of fused-ring (bicyclic) bond motifs is 1. The Morgan fingerprint density at radius 3 is 2.57 bits per heavy atom. The third-order valence-corrected chi connectivity index (χ3v) is 7.39. The molecule has 0 aliphatic carbocycles. The van der Waals surface area contributed by atoms with Crippen molar-refractivity contribution in [2.24, 2.45) is 5.41 Å². The first-order valence-electron chi connectivity index (χ1n) is 9.39. The molecule has 0 radical (unpaired) electrons. The highest BCUT2D eigenvalue weighted by atomic mass is 32.2. The van der Waals surface area contributed by atoms with E-state index in [1.165, 1.54) is 11.4 Å². The van der Waals surface area contributed by atoms with Crippen LogP contribution in [0.15, 0.2) is 29.2 Å². The molecule has 1 aromatic rings. The number of likely N-dealkylation sites (tertiary alicyclic amines) is 1. The molecule has 2 heterocycles. The van der Waals surface area contributed by atoms with E-state index in [0.717, 1.165) is 0 Å². The Kier molecular flexibility index (Phi) is 6.59. The summed E-state index contributed by atoms with van der Waals surface area (Å²) in [6.45, 7) is 2.54. The first kappa shape index (κ1) is 21.0. The fourth-order valence-corrected chi connectivity index (χ4v) is 5.47. The van der Waals surface area contributed by atoms with Gasteiger partial charge in [0, 0.05) is 45.8 Å². The van der Waals surface area contributed by atoms with Crippen LogP contribution in [0.25, 0.3) is 0 Å². The first-order valence-corrected chi connectivity index (χ1v) is 10.8. The van der Waals surface area contributed by atoms with Gasteiger partial charge in [0.05, 0.1) is 13.2 Å². The Hall–Kier alpha value is -1.68. The maximum absolute atomic E-state index is 13.3. The smallest absolute Gasteiger partial charge is 0.248 e. The molecule has 0 N–H and O–H groups in total. The molecule has 0 saturated carbocycles. The molecule has 1 amide bonds. The number of benzene rings is 1. The number of piperidine rings is 1. The normalized spacial score (nSPS) is 21.4. The number of ether oxygens (including phenoxy) is 3. The van der Waals surface area contributed by atoms with E-state index < -0.39 is 10.0 Å². The quantitative estimate of drug-likeness (QED) is 0.717. The van der Waals surface area contributed by atoms with Crippen molar-refractivity contribution in [2.45, 2.75) is 17.7 Å². The van der Waals surface area contributed by atoms with E-state index in [4.69, 9.17) is 14.2 Å². The number of rotatable bonds is 5. The van der Waals surface area contributed by atoms with Gasteiger partial charge in [-0.15, -0.1) is 0 Å². The van der Waals surface area contributed by atoms with Gasteiger partial charge in [-0.05, 0) is 25.0 Å². The average molecular weight is 413 g/mol. The van der Waals surface area contributed by atoms with Gasteiger partial charge in [-0.2, -0.15) is 4.31 Å². The minimum Gasteiger partial charge on any atom is -0.492 e. The number of hydrogen-bond donors (Lipinski definition) is 0. The van der Waals surface area contributed by atoms with Crippen LogP contribution in [0.5, 0.6) is 5.75 Å². The molecular formula is C19H28N2O6S. The highest BCUT2D eigenvalue weighted by molar-refractivity contribution is 7.89. The Bertz CT molecular complexity index is 789. The summed E-state index contributed by atoms with van der Waals surface area (Å²) in [5.74, 6) is 0.334. The van der Waals surface area contributed by atoms with Gasteiger partial charge in [-0.25, -0.2) is 8.42 Å². The van der Waals surface area contributed by atoms with E-state index in [1.54, 1.807) is 36.3 Å². The molecule has 1 saturated heterocycles. The van der Waals surface area contributed by atoms with Gasteiger partial charge in [0.1, 0.15) is 17.3 Å². The zero-order valence-electron chi connectivity index (χ0n) is 16.4. The molecule has 0 aromatic heterocycles. The number of carbonyl (C=O) groups excluding carboxylic acids is 1. The van der Waals surface area contributed by atoms with Gasteiger partial charge in [0.2, 0.25) is 15.9 Å². The van der Waals surface area contributed by atoms with E-state index >= 15 is 0 Å². The van der Waals surface area contributed by atoms with Crippen LogP contribution < -0.4 is 4.74 Å². The molecule has 0 atom stereocenters. The number of carbonyl (C=O) groups is 1. The van der Waals surface area contributed by atoms with Crippen LogP contribution in [0.3, 0.4) is 0 Å².